The van der Waals surface area contributed by atoms with Gasteiger partial charge in [0.1, 0.15) is 26.9 Å². The first-order chi connectivity index (χ1) is 22.6. The van der Waals surface area contributed by atoms with Crippen molar-refractivity contribution in [2.24, 2.45) is 20.5 Å². The molecule has 0 aromatic heterocycles. The Labute approximate surface area is 284 Å². The Morgan fingerprint density at radius 1 is 0.480 bits per heavy atom. The molecule has 3 aromatic rings. The molecule has 0 fully saturated rings. The predicted octanol–water partition coefficient (Wildman–Crippen LogP) is 1.50. The number of benzene rings is 3. The summed E-state index contributed by atoms with van der Waals surface area (Å²) in [6, 6.07) is 6.74. The van der Waals surface area contributed by atoms with E-state index in [9.17, 15) is 59.6 Å². The smallest absolute Gasteiger partial charge is 0.296 e. The maximum atomic E-state index is 12.5. The SMILES string of the molecule is Nc1c(N=Nc2ccc(S(=O)(=O)CCS(=O)(=O)O)cc2)cc(S(=O)(=O)O)c(N)c1N=Nc1ccc(S(=O)(=O)CCS(=O)(=O)O)cc1S(=O)(=O)O. The van der Waals surface area contributed by atoms with Crippen LogP contribution in [0.5, 0.6) is 0 Å². The van der Waals surface area contributed by atoms with E-state index >= 15 is 0 Å². The topological polar surface area (TPSA) is 387 Å². The molecule has 0 spiro atoms. The summed E-state index contributed by atoms with van der Waals surface area (Å²) in [5.41, 5.74) is 8.28. The van der Waals surface area contributed by atoms with Gasteiger partial charge >= 0.3 is 0 Å². The molecule has 8 N–H and O–H groups in total. The molecule has 0 radical (unpaired) electrons. The van der Waals surface area contributed by atoms with Gasteiger partial charge in [-0.05, 0) is 48.5 Å². The van der Waals surface area contributed by atoms with Gasteiger partial charge in [-0.2, -0.15) is 38.8 Å². The first-order valence-corrected chi connectivity index (χ1v) is 22.1. The van der Waals surface area contributed by atoms with Gasteiger partial charge in [0.05, 0.1) is 49.9 Å². The summed E-state index contributed by atoms with van der Waals surface area (Å²) in [6.07, 6.45) is 0. The van der Waals surface area contributed by atoms with Gasteiger partial charge in [0.25, 0.3) is 40.5 Å². The number of nitrogens with two attached hydrogens (primary N) is 2. The first-order valence-electron chi connectivity index (χ1n) is 12.7. The van der Waals surface area contributed by atoms with Crippen molar-refractivity contribution in [3.63, 3.8) is 0 Å². The first kappa shape index (κ1) is 40.4. The summed E-state index contributed by atoms with van der Waals surface area (Å²) in [6.45, 7) is 0. The Morgan fingerprint density at radius 3 is 1.42 bits per heavy atom. The summed E-state index contributed by atoms with van der Waals surface area (Å²) in [5.74, 6) is -4.42. The van der Waals surface area contributed by atoms with Crippen LogP contribution >= 0.6 is 0 Å². The van der Waals surface area contributed by atoms with Gasteiger partial charge in [0.15, 0.2) is 19.7 Å². The molecule has 274 valence electrons. The van der Waals surface area contributed by atoms with E-state index in [1.807, 2.05) is 0 Å². The number of rotatable bonds is 14. The van der Waals surface area contributed by atoms with Crippen molar-refractivity contribution in [2.75, 3.05) is 34.5 Å². The van der Waals surface area contributed by atoms with Crippen molar-refractivity contribution < 1.29 is 68.7 Å². The molecule has 0 saturated heterocycles. The van der Waals surface area contributed by atoms with Crippen LogP contribution in [0.15, 0.2) is 88.6 Å². The van der Waals surface area contributed by atoms with Gasteiger partial charge in [0, 0.05) is 0 Å². The van der Waals surface area contributed by atoms with Crippen LogP contribution in [0.1, 0.15) is 0 Å². The lowest BCUT2D eigenvalue weighted by atomic mass is 10.2. The molecule has 0 unspecified atom stereocenters. The average molecular weight is 821 g/mol. The van der Waals surface area contributed by atoms with Crippen LogP contribution in [0, 0.1) is 0 Å². The fourth-order valence-corrected chi connectivity index (χ4v) is 10.0. The highest BCUT2D eigenvalue weighted by Crippen LogP contribution is 2.43. The van der Waals surface area contributed by atoms with Crippen LogP contribution in [-0.4, -0.2) is 91.7 Å². The van der Waals surface area contributed by atoms with Gasteiger partial charge in [0.2, 0.25) is 0 Å². The molecule has 0 bridgehead atoms. The summed E-state index contributed by atoms with van der Waals surface area (Å²) >= 11 is 0. The van der Waals surface area contributed by atoms with Crippen molar-refractivity contribution in [3.05, 3.63) is 48.5 Å². The number of hydrogen-bond donors (Lipinski definition) is 6. The fourth-order valence-electron chi connectivity index (χ4n) is 3.65. The van der Waals surface area contributed by atoms with E-state index in [4.69, 9.17) is 20.6 Å². The van der Waals surface area contributed by atoms with E-state index < -0.39 is 126 Å². The van der Waals surface area contributed by atoms with Gasteiger partial charge < -0.3 is 11.5 Å². The standard InChI is InChI=1S/C22H24N6O16S6/c23-20-17(27-25-13-1-3-14(4-2-13)45(29,30)7-9-47(33,34)35)12-19(50(42,43)44)21(24)22(20)28-26-16-6-5-15(11-18(16)49(39,40)41)46(31,32)8-10-48(36,37)38/h1-6,11-12H,7-10,23-24H2,(H,33,34,35)(H,36,37,38)(H,39,40,41)(H,42,43,44). The van der Waals surface area contributed by atoms with Crippen molar-refractivity contribution in [2.45, 2.75) is 19.6 Å². The lowest BCUT2D eigenvalue weighted by Crippen LogP contribution is -2.17. The second kappa shape index (κ2) is 14.3. The molecule has 28 heteroatoms. The third-order valence-electron chi connectivity index (χ3n) is 6.11. The zero-order chi connectivity index (χ0) is 38.1. The Bertz CT molecular complexity index is 2570. The molecule has 0 aliphatic rings. The van der Waals surface area contributed by atoms with E-state index in [0.29, 0.717) is 18.2 Å². The number of azo groups is 2. The van der Waals surface area contributed by atoms with E-state index in [1.165, 1.54) is 0 Å². The summed E-state index contributed by atoms with van der Waals surface area (Å²) in [4.78, 5) is -3.38. The second-order valence-electron chi connectivity index (χ2n) is 9.75. The zero-order valence-electron chi connectivity index (χ0n) is 24.5. The number of nitrogen functional groups attached to an aromatic ring is 2. The molecular weight excluding hydrogens is 797 g/mol. The van der Waals surface area contributed by atoms with E-state index in [1.54, 1.807) is 0 Å². The minimum absolute atomic E-state index is 0.0732. The molecule has 3 aromatic carbocycles. The molecule has 0 aliphatic carbocycles. The third kappa shape index (κ3) is 10.7. The average Bonchev–Trinajstić information content (AvgIpc) is 2.97. The van der Waals surface area contributed by atoms with Crippen molar-refractivity contribution >= 4 is 94.3 Å². The number of nitrogens with zero attached hydrogens (tertiary/aromatic N) is 4. The molecule has 0 amide bonds. The minimum Gasteiger partial charge on any atom is -0.396 e. The van der Waals surface area contributed by atoms with Gasteiger partial charge in [-0.15, -0.1) is 15.3 Å². The Balaban J connectivity index is 2.08. The van der Waals surface area contributed by atoms with E-state index in [2.05, 4.69) is 20.5 Å². The largest absolute Gasteiger partial charge is 0.396 e. The van der Waals surface area contributed by atoms with Crippen LogP contribution in [-0.2, 0) is 60.1 Å². The normalized spacial score (nSPS) is 13.7. The highest BCUT2D eigenvalue weighted by molar-refractivity contribution is 7.93. The Hall–Kier alpha value is -4.00. The zero-order valence-corrected chi connectivity index (χ0v) is 29.4. The van der Waals surface area contributed by atoms with Gasteiger partial charge in [-0.25, -0.2) is 16.8 Å². The Kier molecular flexibility index (Phi) is 11.6. The van der Waals surface area contributed by atoms with Gasteiger partial charge in [-0.1, -0.05) is 0 Å². The molecule has 22 nitrogen and oxygen atoms in total. The van der Waals surface area contributed by atoms with Crippen LogP contribution < -0.4 is 11.5 Å². The highest BCUT2D eigenvalue weighted by atomic mass is 32.2. The maximum absolute atomic E-state index is 12.5. The Morgan fingerprint density at radius 2 is 0.940 bits per heavy atom. The molecule has 50 heavy (non-hydrogen) atoms. The number of anilines is 2. The molecule has 0 atom stereocenters. The number of hydrogen-bond acceptors (Lipinski definition) is 18. The minimum atomic E-state index is -5.28. The second-order valence-corrected chi connectivity index (χ2v) is 19.9. The summed E-state index contributed by atoms with van der Waals surface area (Å²) < 4.78 is 179. The van der Waals surface area contributed by atoms with Crippen molar-refractivity contribution in [1.29, 1.82) is 0 Å². The monoisotopic (exact) mass is 820 g/mol. The van der Waals surface area contributed by atoms with Gasteiger partial charge in [-0.3, -0.25) is 18.2 Å². The lowest BCUT2D eigenvalue weighted by Gasteiger charge is -2.11. The maximum Gasteiger partial charge on any atom is 0.296 e. The van der Waals surface area contributed by atoms with Crippen LogP contribution in [0.2, 0.25) is 0 Å². The predicted molar refractivity (Wildman–Crippen MR) is 173 cm³/mol. The summed E-state index contributed by atoms with van der Waals surface area (Å²) in [7, 11) is -28.4. The number of sulfone groups is 2. The third-order valence-corrected chi connectivity index (χ3v) is 13.3. The quantitative estimate of drug-likeness (QED) is 0.0762. The van der Waals surface area contributed by atoms with Crippen LogP contribution in [0.4, 0.5) is 34.1 Å². The van der Waals surface area contributed by atoms with Crippen molar-refractivity contribution in [3.8, 4) is 0 Å². The van der Waals surface area contributed by atoms with E-state index in [-0.39, 0.29) is 10.6 Å². The van der Waals surface area contributed by atoms with Crippen molar-refractivity contribution in [1.82, 2.24) is 0 Å². The molecule has 3 rings (SSSR count). The molecular formula is C22H24N6O16S6. The molecule has 0 heterocycles. The lowest BCUT2D eigenvalue weighted by molar-refractivity contribution is 0.481. The van der Waals surface area contributed by atoms with Crippen LogP contribution in [0.25, 0.3) is 0 Å². The van der Waals surface area contributed by atoms with E-state index in [0.717, 1.165) is 30.3 Å². The highest BCUT2D eigenvalue weighted by Gasteiger charge is 2.26. The summed E-state index contributed by atoms with van der Waals surface area (Å²) in [5, 5.41) is 14.7. The van der Waals surface area contributed by atoms with Crippen LogP contribution in [0.3, 0.4) is 0 Å². The fraction of sp³-hybridized carbons (Fsp3) is 0.182. The molecule has 0 aliphatic heterocycles. The molecule has 0 saturated carbocycles.